The summed E-state index contributed by atoms with van der Waals surface area (Å²) in [5, 5.41) is 0. The number of carbonyl (C=O) groups excluding carboxylic acids is 2. The van der Waals surface area contributed by atoms with Crippen molar-refractivity contribution in [2.45, 2.75) is 13.8 Å². The van der Waals surface area contributed by atoms with E-state index in [1.165, 1.54) is 4.90 Å². The van der Waals surface area contributed by atoms with Crippen molar-refractivity contribution in [3.8, 4) is 5.75 Å². The number of imide groups is 1. The molecule has 7 heteroatoms. The minimum Gasteiger partial charge on any atom is -0.497 e. The van der Waals surface area contributed by atoms with Crippen molar-refractivity contribution in [3.63, 3.8) is 0 Å². The highest BCUT2D eigenvalue weighted by Crippen LogP contribution is 2.32. The molecule has 0 bridgehead atoms. The lowest BCUT2D eigenvalue weighted by Crippen LogP contribution is -2.39. The molecule has 1 aliphatic rings. The highest BCUT2D eigenvalue weighted by molar-refractivity contribution is 6.35. The molecule has 7 nitrogen and oxygen atoms in total. The Morgan fingerprint density at radius 3 is 1.96 bits per heavy atom. The molecule has 1 aromatic rings. The van der Waals surface area contributed by atoms with E-state index in [4.69, 9.17) is 14.2 Å². The maximum absolute atomic E-state index is 13.2. The molecule has 1 aliphatic heterocycles. The van der Waals surface area contributed by atoms with E-state index in [1.807, 2.05) is 30.9 Å². The van der Waals surface area contributed by atoms with E-state index in [0.717, 1.165) is 0 Å². The summed E-state index contributed by atoms with van der Waals surface area (Å²) in [6, 6.07) is 7.20. The molecule has 0 saturated carbocycles. The third-order valence-corrected chi connectivity index (χ3v) is 4.52. The molecule has 2 rings (SSSR count). The van der Waals surface area contributed by atoms with Crippen LogP contribution in [0.25, 0.3) is 5.57 Å². The molecule has 0 atom stereocenters. The number of amides is 2. The fourth-order valence-electron chi connectivity index (χ4n) is 3.14. The van der Waals surface area contributed by atoms with Crippen molar-refractivity contribution in [2.75, 3.05) is 54.2 Å². The van der Waals surface area contributed by atoms with Crippen LogP contribution in [0.5, 0.6) is 5.75 Å². The van der Waals surface area contributed by atoms with Gasteiger partial charge >= 0.3 is 0 Å². The van der Waals surface area contributed by atoms with Crippen LogP contribution in [0.1, 0.15) is 19.4 Å². The van der Waals surface area contributed by atoms with Crippen molar-refractivity contribution in [3.05, 3.63) is 35.5 Å². The normalized spacial score (nSPS) is 14.4. The van der Waals surface area contributed by atoms with Crippen LogP contribution in [-0.2, 0) is 19.1 Å². The predicted octanol–water partition coefficient (Wildman–Crippen LogP) is 2.03. The second kappa shape index (κ2) is 10.2. The molecular weight excluding hydrogens is 360 g/mol. The number of benzene rings is 1. The number of nitrogens with zero attached hydrogens (tertiary/aromatic N) is 2. The van der Waals surface area contributed by atoms with Crippen LogP contribution in [0.4, 0.5) is 0 Å². The zero-order valence-corrected chi connectivity index (χ0v) is 17.4. The van der Waals surface area contributed by atoms with Crippen LogP contribution in [0, 0.1) is 5.92 Å². The zero-order chi connectivity index (χ0) is 20.7. The van der Waals surface area contributed by atoms with Gasteiger partial charge in [-0.05, 0) is 23.6 Å². The van der Waals surface area contributed by atoms with E-state index in [0.29, 0.717) is 55.4 Å². The summed E-state index contributed by atoms with van der Waals surface area (Å²) >= 11 is 0. The van der Waals surface area contributed by atoms with Gasteiger partial charge < -0.3 is 19.1 Å². The Balaban J connectivity index is 2.52. The lowest BCUT2D eigenvalue weighted by Gasteiger charge is -2.26. The predicted molar refractivity (Wildman–Crippen MR) is 107 cm³/mol. The summed E-state index contributed by atoms with van der Waals surface area (Å²) in [6.45, 7) is 6.21. The average Bonchev–Trinajstić information content (AvgIpc) is 2.92. The van der Waals surface area contributed by atoms with E-state index in [-0.39, 0.29) is 17.7 Å². The van der Waals surface area contributed by atoms with E-state index in [1.54, 1.807) is 33.5 Å². The lowest BCUT2D eigenvalue weighted by molar-refractivity contribution is -0.138. The van der Waals surface area contributed by atoms with E-state index in [2.05, 4.69) is 0 Å². The average molecular weight is 390 g/mol. The van der Waals surface area contributed by atoms with E-state index >= 15 is 0 Å². The third kappa shape index (κ3) is 4.91. The molecule has 0 fully saturated rings. The van der Waals surface area contributed by atoms with Crippen LogP contribution in [0.15, 0.2) is 30.0 Å². The first kappa shape index (κ1) is 21.9. The molecule has 0 aromatic heterocycles. The van der Waals surface area contributed by atoms with Crippen LogP contribution < -0.4 is 4.74 Å². The lowest BCUT2D eigenvalue weighted by atomic mass is 10.0. The number of methoxy groups -OCH3 is 3. The van der Waals surface area contributed by atoms with Crippen molar-refractivity contribution < 1.29 is 23.8 Å². The minimum atomic E-state index is -0.267. The number of hydrogen-bond acceptors (Lipinski definition) is 6. The van der Waals surface area contributed by atoms with Gasteiger partial charge in [0.15, 0.2) is 0 Å². The Morgan fingerprint density at radius 2 is 1.50 bits per heavy atom. The maximum Gasteiger partial charge on any atom is 0.277 e. The fourth-order valence-corrected chi connectivity index (χ4v) is 3.14. The summed E-state index contributed by atoms with van der Waals surface area (Å²) < 4.78 is 15.6. The van der Waals surface area contributed by atoms with Crippen LogP contribution >= 0.6 is 0 Å². The molecule has 1 heterocycles. The van der Waals surface area contributed by atoms with Gasteiger partial charge in [-0.3, -0.25) is 14.5 Å². The van der Waals surface area contributed by atoms with Gasteiger partial charge in [-0.1, -0.05) is 26.0 Å². The fraction of sp³-hybridized carbons (Fsp3) is 0.524. The summed E-state index contributed by atoms with van der Waals surface area (Å²) in [5.74, 6) is 0.337. The van der Waals surface area contributed by atoms with E-state index in [9.17, 15) is 9.59 Å². The minimum absolute atomic E-state index is 0.177. The maximum atomic E-state index is 13.2. The first-order valence-corrected chi connectivity index (χ1v) is 9.42. The highest BCUT2D eigenvalue weighted by Gasteiger charge is 2.41. The molecule has 1 aromatic carbocycles. The smallest absolute Gasteiger partial charge is 0.277 e. The number of hydrogen-bond donors (Lipinski definition) is 0. The van der Waals surface area contributed by atoms with Gasteiger partial charge in [0.1, 0.15) is 11.4 Å². The van der Waals surface area contributed by atoms with Crippen LogP contribution in [-0.4, -0.2) is 75.8 Å². The Labute approximate surface area is 166 Å². The first-order valence-electron chi connectivity index (χ1n) is 9.42. The van der Waals surface area contributed by atoms with Gasteiger partial charge in [-0.2, -0.15) is 0 Å². The molecule has 0 radical (unpaired) electrons. The van der Waals surface area contributed by atoms with Gasteiger partial charge in [0, 0.05) is 33.9 Å². The number of rotatable bonds is 11. The molecule has 0 spiro atoms. The third-order valence-electron chi connectivity index (χ3n) is 4.52. The van der Waals surface area contributed by atoms with Gasteiger partial charge in [-0.15, -0.1) is 0 Å². The monoisotopic (exact) mass is 390 g/mol. The Morgan fingerprint density at radius 1 is 0.929 bits per heavy atom. The van der Waals surface area contributed by atoms with Gasteiger partial charge in [0.05, 0.1) is 25.9 Å². The molecule has 0 N–H and O–H groups in total. The van der Waals surface area contributed by atoms with Gasteiger partial charge in [0.2, 0.25) is 0 Å². The second-order valence-electron chi connectivity index (χ2n) is 7.04. The van der Waals surface area contributed by atoms with Crippen molar-refractivity contribution >= 4 is 17.4 Å². The summed E-state index contributed by atoms with van der Waals surface area (Å²) in [7, 11) is 4.81. The summed E-state index contributed by atoms with van der Waals surface area (Å²) in [5.41, 5.74) is 1.52. The van der Waals surface area contributed by atoms with Crippen molar-refractivity contribution in [2.24, 2.45) is 5.92 Å². The van der Waals surface area contributed by atoms with Crippen LogP contribution in [0.2, 0.25) is 0 Å². The quantitative estimate of drug-likeness (QED) is 0.539. The topological polar surface area (TPSA) is 68.3 Å². The largest absolute Gasteiger partial charge is 0.497 e. The first-order chi connectivity index (χ1) is 13.4. The SMILES string of the molecule is COCCN(CCOC)C1=C(c2ccc(OC)cc2)C(=O)N(CC(C)C)C1=O. The Bertz CT molecular complexity index is 704. The Kier molecular flexibility index (Phi) is 8.02. The summed E-state index contributed by atoms with van der Waals surface area (Å²) in [4.78, 5) is 29.6. The zero-order valence-electron chi connectivity index (χ0n) is 17.4. The molecule has 0 unspecified atom stereocenters. The molecular formula is C21H30N2O5. The molecule has 0 aliphatic carbocycles. The molecule has 28 heavy (non-hydrogen) atoms. The second-order valence-corrected chi connectivity index (χ2v) is 7.04. The number of carbonyl (C=O) groups is 2. The van der Waals surface area contributed by atoms with Crippen molar-refractivity contribution in [1.29, 1.82) is 0 Å². The Hall–Kier alpha value is -2.38. The standard InChI is InChI=1S/C21H30N2O5/c1-15(2)14-23-20(24)18(16-6-8-17(28-5)9-7-16)19(21(23)25)22(10-12-26-3)11-13-27-4/h6-9,15H,10-14H2,1-5H3. The summed E-state index contributed by atoms with van der Waals surface area (Å²) in [6.07, 6.45) is 0. The van der Waals surface area contributed by atoms with Gasteiger partial charge in [-0.25, -0.2) is 0 Å². The number of ether oxygens (including phenoxy) is 3. The van der Waals surface area contributed by atoms with E-state index < -0.39 is 0 Å². The van der Waals surface area contributed by atoms with Crippen molar-refractivity contribution in [1.82, 2.24) is 9.80 Å². The van der Waals surface area contributed by atoms with Crippen LogP contribution in [0.3, 0.4) is 0 Å². The molecule has 0 saturated heterocycles. The molecule has 2 amide bonds. The van der Waals surface area contributed by atoms with Gasteiger partial charge in [0.25, 0.3) is 11.8 Å². The molecule has 154 valence electrons. The highest BCUT2D eigenvalue weighted by atomic mass is 16.5.